The molecule has 1 aliphatic heterocycles. The Morgan fingerprint density at radius 3 is 2.81 bits per heavy atom. The molecule has 2 aromatic carbocycles. The van der Waals surface area contributed by atoms with Crippen molar-refractivity contribution < 1.29 is 9.66 Å². The molecule has 9 heteroatoms. The fourth-order valence-corrected chi connectivity index (χ4v) is 5.31. The molecule has 9 nitrogen and oxygen atoms in total. The van der Waals surface area contributed by atoms with E-state index in [2.05, 4.69) is 16.0 Å². The van der Waals surface area contributed by atoms with Gasteiger partial charge in [0.25, 0.3) is 11.2 Å². The van der Waals surface area contributed by atoms with Gasteiger partial charge in [-0.15, -0.1) is 0 Å². The lowest BCUT2D eigenvalue weighted by Gasteiger charge is -2.28. The molecule has 1 aromatic heterocycles. The number of aromatic nitrogens is 2. The maximum absolute atomic E-state index is 12.9. The van der Waals surface area contributed by atoms with E-state index in [9.17, 15) is 19.7 Å². The van der Waals surface area contributed by atoms with Gasteiger partial charge in [0.1, 0.15) is 5.75 Å². The van der Waals surface area contributed by atoms with Gasteiger partial charge in [0.15, 0.2) is 0 Å². The van der Waals surface area contributed by atoms with Gasteiger partial charge in [0.05, 0.1) is 22.9 Å². The summed E-state index contributed by atoms with van der Waals surface area (Å²) in [4.78, 5) is 40.7. The van der Waals surface area contributed by atoms with Crippen molar-refractivity contribution in [2.45, 2.75) is 25.3 Å². The fraction of sp³-hybridized carbons (Fsp3) is 0.391. The molecule has 1 aliphatic carbocycles. The standard InChI is InChI=1S/C23H24N4O5/c1-32-21-4-2-3-16-17(21)7-5-14-12-25(13-19(14)16)9-10-26-22(28)18-8-6-15(27(30)31)11-20(18)24-23(26)29/h2-4,6,8,11,14,19H,5,7,9-10,12-13H2,1H3,(H,24,29)/t14-,19+/m0/s1. The minimum absolute atomic E-state index is 0.165. The van der Waals surface area contributed by atoms with Crippen molar-refractivity contribution in [3.05, 3.63) is 78.5 Å². The van der Waals surface area contributed by atoms with Crippen molar-refractivity contribution in [3.63, 3.8) is 0 Å². The second-order valence-corrected chi connectivity index (χ2v) is 8.57. The van der Waals surface area contributed by atoms with Gasteiger partial charge in [-0.25, -0.2) is 4.79 Å². The quantitative estimate of drug-likeness (QED) is 0.485. The first-order chi connectivity index (χ1) is 15.5. The van der Waals surface area contributed by atoms with Crippen LogP contribution in [0.25, 0.3) is 10.9 Å². The van der Waals surface area contributed by atoms with E-state index in [4.69, 9.17) is 4.74 Å². The highest BCUT2D eigenvalue weighted by Gasteiger charge is 2.38. The van der Waals surface area contributed by atoms with Crippen molar-refractivity contribution in [2.24, 2.45) is 5.92 Å². The van der Waals surface area contributed by atoms with Gasteiger partial charge < -0.3 is 14.6 Å². The number of nitrogens with zero attached hydrogens (tertiary/aromatic N) is 3. The average molecular weight is 436 g/mol. The maximum Gasteiger partial charge on any atom is 0.328 e. The Kier molecular flexibility index (Phi) is 5.05. The van der Waals surface area contributed by atoms with E-state index >= 15 is 0 Å². The summed E-state index contributed by atoms with van der Waals surface area (Å²) in [6.45, 7) is 2.68. The summed E-state index contributed by atoms with van der Waals surface area (Å²) in [6.07, 6.45) is 2.11. The molecule has 1 saturated heterocycles. The van der Waals surface area contributed by atoms with Gasteiger partial charge in [-0.2, -0.15) is 0 Å². The number of rotatable bonds is 5. The number of ether oxygens (including phenoxy) is 1. The lowest BCUT2D eigenvalue weighted by atomic mass is 9.77. The van der Waals surface area contributed by atoms with E-state index in [1.807, 2.05) is 12.1 Å². The minimum atomic E-state index is -0.552. The third-order valence-corrected chi connectivity index (χ3v) is 6.89. The smallest absolute Gasteiger partial charge is 0.328 e. The molecule has 3 aromatic rings. The topological polar surface area (TPSA) is 110 Å². The number of hydrogen-bond donors (Lipinski definition) is 1. The van der Waals surface area contributed by atoms with Gasteiger partial charge in [-0.3, -0.25) is 19.5 Å². The highest BCUT2D eigenvalue weighted by molar-refractivity contribution is 5.79. The number of non-ortho nitro benzene ring substituents is 1. The Balaban J connectivity index is 1.36. The molecule has 0 saturated carbocycles. The van der Waals surface area contributed by atoms with Crippen LogP contribution in [0.2, 0.25) is 0 Å². The van der Waals surface area contributed by atoms with Gasteiger partial charge in [-0.05, 0) is 42.0 Å². The largest absolute Gasteiger partial charge is 0.496 e. The third-order valence-electron chi connectivity index (χ3n) is 6.89. The molecule has 2 atom stereocenters. The summed E-state index contributed by atoms with van der Waals surface area (Å²) in [6, 6.07) is 10.1. The first-order valence-corrected chi connectivity index (χ1v) is 10.8. The van der Waals surface area contributed by atoms with Gasteiger partial charge in [0.2, 0.25) is 0 Å². The van der Waals surface area contributed by atoms with Crippen molar-refractivity contribution in [1.29, 1.82) is 0 Å². The highest BCUT2D eigenvalue weighted by Crippen LogP contribution is 2.43. The van der Waals surface area contributed by atoms with E-state index in [0.29, 0.717) is 18.4 Å². The van der Waals surface area contributed by atoms with Crippen LogP contribution in [-0.4, -0.2) is 46.1 Å². The molecule has 2 heterocycles. The third kappa shape index (κ3) is 3.38. The summed E-state index contributed by atoms with van der Waals surface area (Å²) < 4.78 is 6.74. The zero-order chi connectivity index (χ0) is 22.4. The summed E-state index contributed by atoms with van der Waals surface area (Å²) in [5.41, 5.74) is 1.70. The molecule has 0 radical (unpaired) electrons. The van der Waals surface area contributed by atoms with E-state index in [1.54, 1.807) is 7.11 Å². The van der Waals surface area contributed by atoms with Gasteiger partial charge in [0, 0.05) is 44.2 Å². The number of fused-ring (bicyclic) bond motifs is 4. The average Bonchev–Trinajstić information content (AvgIpc) is 3.21. The molecule has 0 unspecified atom stereocenters. The summed E-state index contributed by atoms with van der Waals surface area (Å²) in [5.74, 6) is 1.94. The monoisotopic (exact) mass is 436 g/mol. The number of nitro groups is 1. The number of nitrogens with one attached hydrogen (secondary N) is 1. The van der Waals surface area contributed by atoms with Crippen LogP contribution in [0.5, 0.6) is 5.75 Å². The molecule has 5 rings (SSSR count). The minimum Gasteiger partial charge on any atom is -0.496 e. The lowest BCUT2D eigenvalue weighted by Crippen LogP contribution is -2.38. The van der Waals surface area contributed by atoms with Crippen molar-refractivity contribution >= 4 is 16.6 Å². The second-order valence-electron chi connectivity index (χ2n) is 8.57. The zero-order valence-corrected chi connectivity index (χ0v) is 17.7. The fourth-order valence-electron chi connectivity index (χ4n) is 5.31. The first kappa shape index (κ1) is 20.4. The molecular weight excluding hydrogens is 412 g/mol. The molecule has 1 N–H and O–H groups in total. The Morgan fingerprint density at radius 1 is 1.19 bits per heavy atom. The molecule has 1 fully saturated rings. The molecular formula is C23H24N4O5. The van der Waals surface area contributed by atoms with Crippen molar-refractivity contribution in [2.75, 3.05) is 26.7 Å². The Morgan fingerprint density at radius 2 is 2.03 bits per heavy atom. The van der Waals surface area contributed by atoms with Gasteiger partial charge >= 0.3 is 5.69 Å². The molecule has 166 valence electrons. The van der Waals surface area contributed by atoms with Crippen LogP contribution in [0.1, 0.15) is 23.5 Å². The molecule has 2 aliphatic rings. The van der Waals surface area contributed by atoms with Crippen LogP contribution in [0.15, 0.2) is 46.0 Å². The van der Waals surface area contributed by atoms with Crippen LogP contribution in [0.4, 0.5) is 5.69 Å². The molecule has 0 amide bonds. The number of nitro benzene ring substituents is 1. The van der Waals surface area contributed by atoms with Crippen molar-refractivity contribution in [3.8, 4) is 5.75 Å². The number of benzene rings is 2. The number of H-pyrrole nitrogens is 1. The summed E-state index contributed by atoms with van der Waals surface area (Å²) >= 11 is 0. The predicted octanol–water partition coefficient (Wildman–Crippen LogP) is 2.27. The van der Waals surface area contributed by atoms with Crippen molar-refractivity contribution in [1.82, 2.24) is 14.5 Å². The SMILES string of the molecule is COc1cccc2c1CC[C@H]1CN(CCn3c(=O)[nH]c4cc([N+](=O)[O-])ccc4c3=O)C[C@@H]21. The summed E-state index contributed by atoms with van der Waals surface area (Å²) in [5, 5.41) is 11.2. The molecule has 0 spiro atoms. The zero-order valence-electron chi connectivity index (χ0n) is 17.7. The Labute approximate surface area is 183 Å². The van der Waals surface area contributed by atoms with E-state index in [-0.39, 0.29) is 23.1 Å². The van der Waals surface area contributed by atoms with Crippen LogP contribution in [0.3, 0.4) is 0 Å². The number of aromatic amines is 1. The second kappa shape index (κ2) is 7.90. The molecule has 32 heavy (non-hydrogen) atoms. The van der Waals surface area contributed by atoms with E-state index in [1.165, 1.54) is 33.9 Å². The van der Waals surface area contributed by atoms with E-state index < -0.39 is 16.2 Å². The van der Waals surface area contributed by atoms with E-state index in [0.717, 1.165) is 31.7 Å². The number of methoxy groups -OCH3 is 1. The highest BCUT2D eigenvalue weighted by atomic mass is 16.6. The predicted molar refractivity (Wildman–Crippen MR) is 119 cm³/mol. The normalized spacial score (nSPS) is 20.2. The van der Waals surface area contributed by atoms with Crippen LogP contribution < -0.4 is 16.0 Å². The maximum atomic E-state index is 12.9. The summed E-state index contributed by atoms with van der Waals surface area (Å²) in [7, 11) is 1.71. The first-order valence-electron chi connectivity index (χ1n) is 10.8. The number of hydrogen-bond acceptors (Lipinski definition) is 6. The Hall–Kier alpha value is -3.46. The van der Waals surface area contributed by atoms with Gasteiger partial charge in [-0.1, -0.05) is 12.1 Å². The lowest BCUT2D eigenvalue weighted by molar-refractivity contribution is -0.384. The van der Waals surface area contributed by atoms with Crippen LogP contribution >= 0.6 is 0 Å². The van der Waals surface area contributed by atoms with Crippen LogP contribution in [0, 0.1) is 16.0 Å². The molecule has 0 bridgehead atoms. The van der Waals surface area contributed by atoms with Crippen LogP contribution in [-0.2, 0) is 13.0 Å². The Bertz CT molecular complexity index is 1330. The number of likely N-dealkylation sites (tertiary alicyclic amines) is 1.